The summed E-state index contributed by atoms with van der Waals surface area (Å²) < 4.78 is 11.2. The summed E-state index contributed by atoms with van der Waals surface area (Å²) in [4.78, 5) is 8.60. The molecule has 3 aromatic carbocycles. The van der Waals surface area contributed by atoms with E-state index >= 15 is 0 Å². The van der Waals surface area contributed by atoms with E-state index < -0.39 is 0 Å². The fourth-order valence-corrected chi connectivity index (χ4v) is 3.46. The van der Waals surface area contributed by atoms with Crippen molar-refractivity contribution in [2.75, 3.05) is 0 Å². The number of para-hydroxylation sites is 1. The van der Waals surface area contributed by atoms with Gasteiger partial charge in [-0.2, -0.15) is 0 Å². The van der Waals surface area contributed by atoms with Crippen LogP contribution in [0, 0.1) is 0 Å². The monoisotopic (exact) mass is 365 g/mol. The zero-order valence-corrected chi connectivity index (χ0v) is 14.7. The molecule has 0 spiro atoms. The van der Waals surface area contributed by atoms with Crippen LogP contribution in [0.2, 0.25) is 0 Å². The third-order valence-corrected chi connectivity index (χ3v) is 4.69. The van der Waals surface area contributed by atoms with E-state index in [4.69, 9.17) is 14.1 Å². The molecule has 2 aromatic heterocycles. The third kappa shape index (κ3) is 2.71. The first-order chi connectivity index (χ1) is 13.8. The molecule has 5 rings (SSSR count). The molecule has 0 bridgehead atoms. The van der Waals surface area contributed by atoms with Crippen LogP contribution < -0.4 is 4.65 Å². The molecule has 133 valence electrons. The molecule has 0 fully saturated rings. The molecule has 0 unspecified atom stereocenters. The first kappa shape index (κ1) is 16.5. The van der Waals surface area contributed by atoms with Gasteiger partial charge in [-0.3, -0.25) is 0 Å². The lowest BCUT2D eigenvalue weighted by molar-refractivity contribution is 0.451. The van der Waals surface area contributed by atoms with Crippen molar-refractivity contribution in [2.45, 2.75) is 0 Å². The van der Waals surface area contributed by atoms with E-state index in [-0.39, 0.29) is 0 Å². The SMILES string of the molecule is O[B]Oc1cccc2c1oc1cccc(-c3ccc(-c4ncccn4)cc3)c12. The third-order valence-electron chi connectivity index (χ3n) is 4.69. The Bertz CT molecular complexity index is 1270. The van der Waals surface area contributed by atoms with E-state index in [1.807, 2.05) is 36.4 Å². The molecule has 0 aliphatic carbocycles. The second kappa shape index (κ2) is 6.83. The zero-order chi connectivity index (χ0) is 18.9. The average Bonchev–Trinajstić information content (AvgIpc) is 3.15. The maximum Gasteiger partial charge on any atom is 0.569 e. The van der Waals surface area contributed by atoms with Gasteiger partial charge in [0.25, 0.3) is 0 Å². The molecular formula is C22H14BN2O3. The molecular weight excluding hydrogens is 351 g/mol. The van der Waals surface area contributed by atoms with Gasteiger partial charge < -0.3 is 14.1 Å². The molecule has 0 atom stereocenters. The molecule has 0 saturated heterocycles. The number of fused-ring (bicyclic) bond motifs is 3. The minimum Gasteiger partial charge on any atom is -0.535 e. The van der Waals surface area contributed by atoms with Gasteiger partial charge in [0, 0.05) is 28.7 Å². The normalized spacial score (nSPS) is 11.0. The predicted molar refractivity (Wildman–Crippen MR) is 109 cm³/mol. The lowest BCUT2D eigenvalue weighted by Gasteiger charge is -2.06. The molecule has 2 heterocycles. The lowest BCUT2D eigenvalue weighted by Crippen LogP contribution is -1.99. The molecule has 1 radical (unpaired) electrons. The van der Waals surface area contributed by atoms with Crippen LogP contribution in [0.1, 0.15) is 0 Å². The number of furan rings is 1. The summed E-state index contributed by atoms with van der Waals surface area (Å²) in [6.07, 6.45) is 3.47. The van der Waals surface area contributed by atoms with Gasteiger partial charge in [0.15, 0.2) is 11.4 Å². The number of aromatic nitrogens is 2. The number of rotatable bonds is 4. The van der Waals surface area contributed by atoms with Gasteiger partial charge in [-0.15, -0.1) is 0 Å². The number of hydrogen-bond acceptors (Lipinski definition) is 5. The first-order valence-corrected chi connectivity index (χ1v) is 8.80. The Morgan fingerprint density at radius 2 is 1.57 bits per heavy atom. The zero-order valence-electron chi connectivity index (χ0n) is 14.7. The van der Waals surface area contributed by atoms with Gasteiger partial charge in [0.2, 0.25) is 0 Å². The summed E-state index contributed by atoms with van der Waals surface area (Å²) >= 11 is 0. The van der Waals surface area contributed by atoms with Crippen LogP contribution in [0.15, 0.2) is 83.5 Å². The van der Waals surface area contributed by atoms with Crippen molar-refractivity contribution in [1.29, 1.82) is 0 Å². The molecule has 0 amide bonds. The molecule has 5 nitrogen and oxygen atoms in total. The highest BCUT2D eigenvalue weighted by Gasteiger charge is 2.15. The summed E-state index contributed by atoms with van der Waals surface area (Å²) in [7, 11) is 0.660. The predicted octanol–water partition coefficient (Wildman–Crippen LogP) is 4.62. The highest BCUT2D eigenvalue weighted by Crippen LogP contribution is 2.40. The Labute approximate surface area is 161 Å². The van der Waals surface area contributed by atoms with Crippen LogP contribution in [0.3, 0.4) is 0 Å². The van der Waals surface area contributed by atoms with Crippen molar-refractivity contribution in [3.8, 4) is 28.3 Å². The number of benzene rings is 3. The van der Waals surface area contributed by atoms with Gasteiger partial charge in [-0.25, -0.2) is 9.97 Å². The van der Waals surface area contributed by atoms with Gasteiger partial charge in [0.1, 0.15) is 11.3 Å². The fraction of sp³-hybridized carbons (Fsp3) is 0. The topological polar surface area (TPSA) is 68.4 Å². The van der Waals surface area contributed by atoms with Crippen molar-refractivity contribution in [3.63, 3.8) is 0 Å². The minimum absolute atomic E-state index is 0.471. The lowest BCUT2D eigenvalue weighted by atomic mass is 9.98. The van der Waals surface area contributed by atoms with Gasteiger partial charge in [-0.05, 0) is 29.3 Å². The minimum atomic E-state index is 0.471. The van der Waals surface area contributed by atoms with Crippen LogP contribution in [0.4, 0.5) is 0 Å². The highest BCUT2D eigenvalue weighted by atomic mass is 16.5. The Hall–Kier alpha value is -3.64. The quantitative estimate of drug-likeness (QED) is 0.471. The highest BCUT2D eigenvalue weighted by molar-refractivity contribution is 6.19. The van der Waals surface area contributed by atoms with Crippen LogP contribution in [0.5, 0.6) is 5.75 Å². The first-order valence-electron chi connectivity index (χ1n) is 8.80. The Morgan fingerprint density at radius 1 is 0.821 bits per heavy atom. The average molecular weight is 365 g/mol. The Morgan fingerprint density at radius 3 is 2.36 bits per heavy atom. The number of nitrogens with zero attached hydrogens (tertiary/aromatic N) is 2. The fourth-order valence-electron chi connectivity index (χ4n) is 3.46. The Balaban J connectivity index is 1.67. The molecule has 0 aliphatic rings. The summed E-state index contributed by atoms with van der Waals surface area (Å²) in [5.74, 6) is 1.17. The largest absolute Gasteiger partial charge is 0.569 e. The van der Waals surface area contributed by atoms with Crippen molar-refractivity contribution < 1.29 is 14.1 Å². The maximum absolute atomic E-state index is 9.01. The summed E-state index contributed by atoms with van der Waals surface area (Å²) in [6.45, 7) is 0. The molecule has 5 aromatic rings. The van der Waals surface area contributed by atoms with Crippen molar-refractivity contribution in [1.82, 2.24) is 9.97 Å². The molecule has 0 aliphatic heterocycles. The van der Waals surface area contributed by atoms with Crippen molar-refractivity contribution in [3.05, 3.63) is 79.1 Å². The van der Waals surface area contributed by atoms with E-state index in [1.54, 1.807) is 24.5 Å². The molecule has 0 saturated carbocycles. The molecule has 28 heavy (non-hydrogen) atoms. The van der Waals surface area contributed by atoms with Crippen LogP contribution in [0.25, 0.3) is 44.5 Å². The summed E-state index contributed by atoms with van der Waals surface area (Å²) in [5, 5.41) is 10.9. The van der Waals surface area contributed by atoms with E-state index in [9.17, 15) is 0 Å². The number of hydrogen-bond donors (Lipinski definition) is 1. The smallest absolute Gasteiger partial charge is 0.535 e. The molecule has 1 N–H and O–H groups in total. The van der Waals surface area contributed by atoms with E-state index in [0.29, 0.717) is 24.8 Å². The standard InChI is InChI=1S/C22H14BN2O3/c26-23-28-19-7-2-5-17-20-16(4-1-6-18(20)27-21(17)19)14-8-10-15(11-9-14)22-24-12-3-13-25-22/h1-13,26H. The van der Waals surface area contributed by atoms with Crippen molar-refractivity contribution >= 4 is 29.6 Å². The van der Waals surface area contributed by atoms with Gasteiger partial charge in [-0.1, -0.05) is 48.5 Å². The van der Waals surface area contributed by atoms with Crippen molar-refractivity contribution in [2.24, 2.45) is 0 Å². The second-order valence-electron chi connectivity index (χ2n) is 6.29. The Kier molecular flexibility index (Phi) is 4.03. The maximum atomic E-state index is 9.01. The van der Waals surface area contributed by atoms with Crippen LogP contribution in [-0.2, 0) is 0 Å². The molecule has 6 heteroatoms. The summed E-state index contributed by atoms with van der Waals surface area (Å²) in [5.41, 5.74) is 4.44. The second-order valence-corrected chi connectivity index (χ2v) is 6.29. The van der Waals surface area contributed by atoms with Crippen LogP contribution in [-0.4, -0.2) is 22.7 Å². The van der Waals surface area contributed by atoms with E-state index in [2.05, 4.69) is 28.2 Å². The van der Waals surface area contributed by atoms with Crippen LogP contribution >= 0.6 is 0 Å². The van der Waals surface area contributed by atoms with Gasteiger partial charge in [0.05, 0.1) is 0 Å². The van der Waals surface area contributed by atoms with E-state index in [0.717, 1.165) is 33.0 Å². The van der Waals surface area contributed by atoms with E-state index in [1.165, 1.54) is 0 Å². The van der Waals surface area contributed by atoms with Gasteiger partial charge >= 0.3 is 7.69 Å². The summed E-state index contributed by atoms with van der Waals surface area (Å²) in [6, 6.07) is 21.5.